The summed E-state index contributed by atoms with van der Waals surface area (Å²) in [5.74, 6) is 1.70. The Morgan fingerprint density at radius 3 is 2.61 bits per heavy atom. The molecule has 0 radical (unpaired) electrons. The summed E-state index contributed by atoms with van der Waals surface area (Å²) >= 11 is 0. The molecule has 3 aliphatic rings. The van der Waals surface area contributed by atoms with Crippen LogP contribution in [0.5, 0.6) is 5.75 Å². The lowest BCUT2D eigenvalue weighted by atomic mass is 9.84. The number of carbonyl (C=O) groups is 1. The van der Waals surface area contributed by atoms with E-state index in [-0.39, 0.29) is 11.9 Å². The van der Waals surface area contributed by atoms with Crippen molar-refractivity contribution >= 4 is 5.91 Å². The van der Waals surface area contributed by atoms with E-state index in [1.54, 1.807) is 0 Å². The van der Waals surface area contributed by atoms with E-state index in [2.05, 4.69) is 23.5 Å². The summed E-state index contributed by atoms with van der Waals surface area (Å²) in [5.41, 5.74) is 5.05. The lowest BCUT2D eigenvalue weighted by molar-refractivity contribution is 0.0719. The fourth-order valence-electron chi connectivity index (χ4n) is 5.00. The molecule has 1 saturated carbocycles. The van der Waals surface area contributed by atoms with Crippen LogP contribution in [0.1, 0.15) is 71.6 Å². The zero-order chi connectivity index (χ0) is 21.2. The molecule has 0 bridgehead atoms. The van der Waals surface area contributed by atoms with Gasteiger partial charge in [-0.2, -0.15) is 0 Å². The molecule has 1 aliphatic heterocycles. The average Bonchev–Trinajstić information content (AvgIpc) is 3.67. The predicted molar refractivity (Wildman–Crippen MR) is 124 cm³/mol. The van der Waals surface area contributed by atoms with E-state index >= 15 is 0 Å². The summed E-state index contributed by atoms with van der Waals surface area (Å²) in [6, 6.07) is 15.5. The molecule has 2 fully saturated rings. The summed E-state index contributed by atoms with van der Waals surface area (Å²) in [5, 5.41) is 3.66. The molecule has 164 valence electrons. The molecule has 0 spiro atoms. The van der Waals surface area contributed by atoms with Crippen LogP contribution >= 0.6 is 0 Å². The van der Waals surface area contributed by atoms with Crippen LogP contribution in [0.25, 0.3) is 0 Å². The second kappa shape index (κ2) is 9.04. The SMILES string of the molecule is CN(C(=O)c1ccc(OCC2CC2)cc1)C1CCc2cc(C3CCCCN3)ccc2C1. The standard InChI is InChI=1S/C27H34N2O2/c1-29(27(30)20-10-13-25(14-11-20)31-18-19-5-6-19)24-12-9-21-16-23(8-7-22(21)17-24)26-4-2-3-15-28-26/h7-8,10-11,13-14,16,19,24,26,28H,2-6,9,12,15,17-18H2,1H3. The molecule has 2 aromatic carbocycles. The second-order valence-electron chi connectivity index (χ2n) is 9.62. The summed E-state index contributed by atoms with van der Waals surface area (Å²) in [6.07, 6.45) is 9.43. The third-order valence-corrected chi connectivity index (χ3v) is 7.30. The number of hydrogen-bond donors (Lipinski definition) is 1. The number of carbonyl (C=O) groups excluding carboxylic acids is 1. The number of benzene rings is 2. The number of piperidine rings is 1. The Bertz CT molecular complexity index is 913. The highest BCUT2D eigenvalue weighted by Crippen LogP contribution is 2.31. The van der Waals surface area contributed by atoms with Gasteiger partial charge < -0.3 is 15.0 Å². The first-order valence-electron chi connectivity index (χ1n) is 12.0. The average molecular weight is 419 g/mol. The van der Waals surface area contributed by atoms with E-state index in [0.29, 0.717) is 6.04 Å². The first kappa shape index (κ1) is 20.6. The Hall–Kier alpha value is -2.33. The first-order chi connectivity index (χ1) is 15.2. The van der Waals surface area contributed by atoms with Crippen molar-refractivity contribution in [1.82, 2.24) is 10.2 Å². The number of fused-ring (bicyclic) bond motifs is 1. The fraction of sp³-hybridized carbons (Fsp3) is 0.519. The Morgan fingerprint density at radius 2 is 1.87 bits per heavy atom. The molecule has 0 aromatic heterocycles. The van der Waals surface area contributed by atoms with Crippen LogP contribution in [-0.4, -0.2) is 37.0 Å². The molecule has 5 rings (SSSR count). The van der Waals surface area contributed by atoms with Crippen molar-refractivity contribution in [2.75, 3.05) is 20.2 Å². The third kappa shape index (κ3) is 4.79. The monoisotopic (exact) mass is 418 g/mol. The van der Waals surface area contributed by atoms with Crippen molar-refractivity contribution in [2.24, 2.45) is 5.92 Å². The van der Waals surface area contributed by atoms with Crippen LogP contribution in [-0.2, 0) is 12.8 Å². The van der Waals surface area contributed by atoms with Crippen molar-refractivity contribution in [3.05, 3.63) is 64.7 Å². The molecule has 2 unspecified atom stereocenters. The normalized spacial score (nSPS) is 23.1. The van der Waals surface area contributed by atoms with Gasteiger partial charge in [0.1, 0.15) is 5.75 Å². The Balaban J connectivity index is 1.21. The highest BCUT2D eigenvalue weighted by Gasteiger charge is 2.27. The zero-order valence-corrected chi connectivity index (χ0v) is 18.6. The van der Waals surface area contributed by atoms with Gasteiger partial charge in [-0.3, -0.25) is 4.79 Å². The maximum absolute atomic E-state index is 13.1. The zero-order valence-electron chi connectivity index (χ0n) is 18.6. The first-order valence-corrected chi connectivity index (χ1v) is 12.0. The molecule has 31 heavy (non-hydrogen) atoms. The van der Waals surface area contributed by atoms with Crippen molar-refractivity contribution < 1.29 is 9.53 Å². The van der Waals surface area contributed by atoms with Gasteiger partial charge in [-0.15, -0.1) is 0 Å². The van der Waals surface area contributed by atoms with Crippen molar-refractivity contribution in [2.45, 2.75) is 63.5 Å². The number of nitrogens with one attached hydrogen (secondary N) is 1. The van der Waals surface area contributed by atoms with Crippen LogP contribution < -0.4 is 10.1 Å². The highest BCUT2D eigenvalue weighted by atomic mass is 16.5. The van der Waals surface area contributed by atoms with Crippen LogP contribution in [0.15, 0.2) is 42.5 Å². The molecule has 2 aliphatic carbocycles. The molecule has 2 atom stereocenters. The van der Waals surface area contributed by atoms with E-state index in [9.17, 15) is 4.79 Å². The minimum atomic E-state index is 0.102. The number of rotatable bonds is 6. The van der Waals surface area contributed by atoms with Gasteiger partial charge in [0.05, 0.1) is 6.61 Å². The third-order valence-electron chi connectivity index (χ3n) is 7.30. The van der Waals surface area contributed by atoms with Gasteiger partial charge in [-0.1, -0.05) is 24.6 Å². The molecule has 1 amide bonds. The fourth-order valence-corrected chi connectivity index (χ4v) is 5.00. The summed E-state index contributed by atoms with van der Waals surface area (Å²) in [6.45, 7) is 1.93. The summed E-state index contributed by atoms with van der Waals surface area (Å²) in [7, 11) is 1.95. The van der Waals surface area contributed by atoms with E-state index in [1.165, 1.54) is 48.8 Å². The lowest BCUT2D eigenvalue weighted by Crippen LogP contribution is -2.40. The van der Waals surface area contributed by atoms with Gasteiger partial charge in [-0.25, -0.2) is 0 Å². The predicted octanol–water partition coefficient (Wildman–Crippen LogP) is 4.92. The topological polar surface area (TPSA) is 41.6 Å². The molecule has 1 heterocycles. The van der Waals surface area contributed by atoms with Crippen LogP contribution in [0.4, 0.5) is 0 Å². The maximum atomic E-state index is 13.1. The van der Waals surface area contributed by atoms with Crippen LogP contribution in [0, 0.1) is 5.92 Å². The van der Waals surface area contributed by atoms with Crippen molar-refractivity contribution in [3.63, 3.8) is 0 Å². The molecule has 1 saturated heterocycles. The lowest BCUT2D eigenvalue weighted by Gasteiger charge is -2.33. The van der Waals surface area contributed by atoms with E-state index in [4.69, 9.17) is 4.74 Å². The number of nitrogens with zero attached hydrogens (tertiary/aromatic N) is 1. The smallest absolute Gasteiger partial charge is 0.253 e. The van der Waals surface area contributed by atoms with Gasteiger partial charge in [0.15, 0.2) is 0 Å². The minimum absolute atomic E-state index is 0.102. The maximum Gasteiger partial charge on any atom is 0.253 e. The van der Waals surface area contributed by atoms with Gasteiger partial charge in [0.2, 0.25) is 0 Å². The summed E-state index contributed by atoms with van der Waals surface area (Å²) < 4.78 is 5.80. The van der Waals surface area contributed by atoms with Gasteiger partial charge in [0, 0.05) is 24.7 Å². The molecule has 1 N–H and O–H groups in total. The van der Waals surface area contributed by atoms with Crippen molar-refractivity contribution in [3.8, 4) is 5.75 Å². The van der Waals surface area contributed by atoms with Crippen LogP contribution in [0.2, 0.25) is 0 Å². The van der Waals surface area contributed by atoms with Crippen molar-refractivity contribution in [1.29, 1.82) is 0 Å². The minimum Gasteiger partial charge on any atom is -0.493 e. The van der Waals surface area contributed by atoms with E-state index in [0.717, 1.165) is 49.6 Å². The van der Waals surface area contributed by atoms with Gasteiger partial charge >= 0.3 is 0 Å². The largest absolute Gasteiger partial charge is 0.493 e. The summed E-state index contributed by atoms with van der Waals surface area (Å²) in [4.78, 5) is 15.0. The molecule has 2 aromatic rings. The number of amides is 1. The Morgan fingerprint density at radius 1 is 1.03 bits per heavy atom. The van der Waals surface area contributed by atoms with Crippen LogP contribution in [0.3, 0.4) is 0 Å². The van der Waals surface area contributed by atoms with E-state index < -0.39 is 0 Å². The number of likely N-dealkylation sites (N-methyl/N-ethyl adjacent to an activating group) is 1. The number of ether oxygens (including phenoxy) is 1. The molecule has 4 heteroatoms. The second-order valence-corrected chi connectivity index (χ2v) is 9.62. The Kier molecular flexibility index (Phi) is 5.99. The van der Waals surface area contributed by atoms with Gasteiger partial charge in [0.25, 0.3) is 5.91 Å². The van der Waals surface area contributed by atoms with E-state index in [1.807, 2.05) is 36.2 Å². The molecular formula is C27H34N2O2. The molecular weight excluding hydrogens is 384 g/mol. The highest BCUT2D eigenvalue weighted by molar-refractivity contribution is 5.94. The van der Waals surface area contributed by atoms with Gasteiger partial charge in [-0.05, 0) is 98.4 Å². The number of aryl methyl sites for hydroxylation is 1. The molecule has 4 nitrogen and oxygen atoms in total. The Labute approximate surface area is 186 Å². The number of hydrogen-bond acceptors (Lipinski definition) is 3. The quantitative estimate of drug-likeness (QED) is 0.724.